The minimum atomic E-state index is 0.00581. The molecule has 0 radical (unpaired) electrons. The Morgan fingerprint density at radius 2 is 2.15 bits per heavy atom. The molecule has 0 saturated heterocycles. The Morgan fingerprint density at radius 3 is 2.70 bits per heavy atom. The second-order valence-electron chi connectivity index (χ2n) is 5.71. The lowest BCUT2D eigenvalue weighted by Gasteiger charge is -2.26. The van der Waals surface area contributed by atoms with E-state index in [9.17, 15) is 4.79 Å². The van der Waals surface area contributed by atoms with Crippen molar-refractivity contribution in [3.05, 3.63) is 17.5 Å². The maximum atomic E-state index is 12.4. The van der Waals surface area contributed by atoms with Gasteiger partial charge >= 0.3 is 0 Å². The number of hydrogen-bond donors (Lipinski definition) is 1. The average Bonchev–Trinajstić information content (AvgIpc) is 3.11. The summed E-state index contributed by atoms with van der Waals surface area (Å²) in [5, 5.41) is 8.51. The number of carbonyl (C=O) groups is 1. The number of carbonyl (C=O) groups excluding carboxylic acids is 1. The van der Waals surface area contributed by atoms with Gasteiger partial charge in [-0.05, 0) is 37.7 Å². The molecule has 1 N–H and O–H groups in total. The first-order valence-corrected chi connectivity index (χ1v) is 8.67. The quantitative estimate of drug-likeness (QED) is 0.808. The molecule has 1 aromatic rings. The molecule has 0 bridgehead atoms. The Bertz CT molecular complexity index is 464. The Balaban J connectivity index is 2.02. The van der Waals surface area contributed by atoms with E-state index in [1.54, 1.807) is 4.68 Å². The third-order valence-corrected chi connectivity index (χ3v) is 5.49. The predicted octanol–water partition coefficient (Wildman–Crippen LogP) is 3.15. The average molecular weight is 342 g/mol. The van der Waals surface area contributed by atoms with Gasteiger partial charge in [0.05, 0.1) is 5.69 Å². The second kappa shape index (κ2) is 6.74. The van der Waals surface area contributed by atoms with E-state index < -0.39 is 0 Å². The molecule has 1 fully saturated rings. The van der Waals surface area contributed by atoms with Gasteiger partial charge in [-0.15, -0.1) is 0 Å². The lowest BCUT2D eigenvalue weighted by molar-refractivity contribution is 0.0925. The van der Waals surface area contributed by atoms with Crippen molar-refractivity contribution in [1.29, 1.82) is 0 Å². The van der Waals surface area contributed by atoms with E-state index in [2.05, 4.69) is 33.3 Å². The monoisotopic (exact) mass is 341 g/mol. The van der Waals surface area contributed by atoms with Crippen LogP contribution in [-0.2, 0) is 13.0 Å². The number of aromatic nitrogens is 2. The molecule has 1 aliphatic rings. The maximum Gasteiger partial charge on any atom is 0.269 e. The van der Waals surface area contributed by atoms with Crippen molar-refractivity contribution in [2.75, 3.05) is 11.9 Å². The van der Waals surface area contributed by atoms with Crippen LogP contribution in [0.25, 0.3) is 0 Å². The van der Waals surface area contributed by atoms with Gasteiger partial charge in [-0.1, -0.05) is 35.7 Å². The SMILES string of the molecule is CCc1cc(C(=O)NCC2(CBr)CCCC2)n(CC)n1. The molecule has 4 nitrogen and oxygen atoms in total. The van der Waals surface area contributed by atoms with Crippen molar-refractivity contribution in [3.8, 4) is 0 Å². The number of alkyl halides is 1. The number of aryl methyl sites for hydroxylation is 2. The fourth-order valence-corrected chi connectivity index (χ4v) is 3.67. The second-order valence-corrected chi connectivity index (χ2v) is 6.27. The summed E-state index contributed by atoms with van der Waals surface area (Å²) in [6.07, 6.45) is 5.80. The minimum Gasteiger partial charge on any atom is -0.350 e. The number of nitrogens with zero attached hydrogens (tertiary/aromatic N) is 2. The highest BCUT2D eigenvalue weighted by atomic mass is 79.9. The van der Waals surface area contributed by atoms with Crippen molar-refractivity contribution in [1.82, 2.24) is 15.1 Å². The predicted molar refractivity (Wildman–Crippen MR) is 84.3 cm³/mol. The molecule has 0 aromatic carbocycles. The van der Waals surface area contributed by atoms with Gasteiger partial charge < -0.3 is 5.32 Å². The van der Waals surface area contributed by atoms with E-state index in [0.29, 0.717) is 5.69 Å². The van der Waals surface area contributed by atoms with Gasteiger partial charge in [-0.25, -0.2) is 0 Å². The first kappa shape index (κ1) is 15.5. The van der Waals surface area contributed by atoms with E-state index >= 15 is 0 Å². The van der Waals surface area contributed by atoms with Gasteiger partial charge in [0.2, 0.25) is 0 Å². The number of hydrogen-bond acceptors (Lipinski definition) is 2. The smallest absolute Gasteiger partial charge is 0.269 e. The molecule has 20 heavy (non-hydrogen) atoms. The number of rotatable bonds is 6. The van der Waals surface area contributed by atoms with Crippen LogP contribution >= 0.6 is 15.9 Å². The topological polar surface area (TPSA) is 46.9 Å². The molecule has 1 aliphatic carbocycles. The first-order chi connectivity index (χ1) is 9.64. The zero-order chi connectivity index (χ0) is 14.6. The molecule has 112 valence electrons. The zero-order valence-corrected chi connectivity index (χ0v) is 14.0. The van der Waals surface area contributed by atoms with Crippen LogP contribution in [0.15, 0.2) is 6.07 Å². The van der Waals surface area contributed by atoms with Gasteiger partial charge in [-0.2, -0.15) is 5.10 Å². The summed E-state index contributed by atoms with van der Waals surface area (Å²) >= 11 is 3.61. The zero-order valence-electron chi connectivity index (χ0n) is 12.4. The summed E-state index contributed by atoms with van der Waals surface area (Å²) in [7, 11) is 0. The molecule has 0 spiro atoms. The molecule has 1 saturated carbocycles. The van der Waals surface area contributed by atoms with Crippen molar-refractivity contribution in [2.24, 2.45) is 5.41 Å². The minimum absolute atomic E-state index is 0.00581. The molecular weight excluding hydrogens is 318 g/mol. The van der Waals surface area contributed by atoms with Crippen LogP contribution < -0.4 is 5.32 Å². The van der Waals surface area contributed by atoms with E-state index in [-0.39, 0.29) is 11.3 Å². The standard InChI is InChI=1S/C15H24BrN3O/c1-3-12-9-13(19(4-2)18-12)14(20)17-11-15(10-16)7-5-6-8-15/h9H,3-8,10-11H2,1-2H3,(H,17,20). The molecule has 1 amide bonds. The highest BCUT2D eigenvalue weighted by molar-refractivity contribution is 9.09. The number of halogens is 1. The lowest BCUT2D eigenvalue weighted by Crippen LogP contribution is -2.37. The van der Waals surface area contributed by atoms with Crippen molar-refractivity contribution >= 4 is 21.8 Å². The van der Waals surface area contributed by atoms with Gasteiger partial charge in [-0.3, -0.25) is 9.48 Å². The fraction of sp³-hybridized carbons (Fsp3) is 0.733. The summed E-state index contributed by atoms with van der Waals surface area (Å²) in [4.78, 5) is 12.4. The van der Waals surface area contributed by atoms with E-state index in [1.165, 1.54) is 25.7 Å². The van der Waals surface area contributed by atoms with Crippen molar-refractivity contribution < 1.29 is 4.79 Å². The molecule has 5 heteroatoms. The Morgan fingerprint density at radius 1 is 1.45 bits per heavy atom. The summed E-state index contributed by atoms with van der Waals surface area (Å²) in [5.74, 6) is 0.00581. The highest BCUT2D eigenvalue weighted by Gasteiger charge is 2.33. The Labute approximate surface area is 129 Å². The van der Waals surface area contributed by atoms with Crippen LogP contribution in [0, 0.1) is 5.41 Å². The summed E-state index contributed by atoms with van der Waals surface area (Å²) in [6.45, 7) is 5.56. The maximum absolute atomic E-state index is 12.4. The molecule has 0 atom stereocenters. The van der Waals surface area contributed by atoms with Crippen LogP contribution in [0.3, 0.4) is 0 Å². The van der Waals surface area contributed by atoms with Gasteiger partial charge in [0.1, 0.15) is 5.69 Å². The fourth-order valence-electron chi connectivity index (χ4n) is 2.91. The molecular formula is C15H24BrN3O. The highest BCUT2D eigenvalue weighted by Crippen LogP contribution is 2.38. The van der Waals surface area contributed by atoms with Gasteiger partial charge in [0, 0.05) is 18.4 Å². The first-order valence-electron chi connectivity index (χ1n) is 7.55. The Kier molecular flexibility index (Phi) is 5.24. The van der Waals surface area contributed by atoms with Crippen LogP contribution in [0.2, 0.25) is 0 Å². The molecule has 1 aromatic heterocycles. The number of amides is 1. The van der Waals surface area contributed by atoms with Crippen molar-refractivity contribution in [2.45, 2.75) is 52.5 Å². The van der Waals surface area contributed by atoms with E-state index in [4.69, 9.17) is 0 Å². The third-order valence-electron chi connectivity index (χ3n) is 4.30. The van der Waals surface area contributed by atoms with Crippen LogP contribution in [-0.4, -0.2) is 27.6 Å². The molecule has 0 unspecified atom stereocenters. The summed E-state index contributed by atoms with van der Waals surface area (Å²) in [5.41, 5.74) is 1.92. The van der Waals surface area contributed by atoms with Crippen LogP contribution in [0.1, 0.15) is 55.7 Å². The van der Waals surface area contributed by atoms with Crippen LogP contribution in [0.4, 0.5) is 0 Å². The Hall–Kier alpha value is -0.840. The van der Waals surface area contributed by atoms with Gasteiger partial charge in [0.15, 0.2) is 0 Å². The molecule has 2 rings (SSSR count). The van der Waals surface area contributed by atoms with Gasteiger partial charge in [0.25, 0.3) is 5.91 Å². The number of nitrogens with one attached hydrogen (secondary N) is 1. The summed E-state index contributed by atoms with van der Waals surface area (Å²) in [6, 6.07) is 1.91. The summed E-state index contributed by atoms with van der Waals surface area (Å²) < 4.78 is 1.80. The normalized spacial score (nSPS) is 17.4. The molecule has 0 aliphatic heterocycles. The third kappa shape index (κ3) is 3.25. The van der Waals surface area contributed by atoms with E-state index in [1.807, 2.05) is 13.0 Å². The van der Waals surface area contributed by atoms with Crippen molar-refractivity contribution in [3.63, 3.8) is 0 Å². The molecule has 1 heterocycles. The largest absolute Gasteiger partial charge is 0.350 e. The van der Waals surface area contributed by atoms with E-state index in [0.717, 1.165) is 30.5 Å². The lowest BCUT2D eigenvalue weighted by atomic mass is 9.89. The van der Waals surface area contributed by atoms with Crippen LogP contribution in [0.5, 0.6) is 0 Å².